The summed E-state index contributed by atoms with van der Waals surface area (Å²) < 4.78 is 40.4. The molecule has 0 aromatic heterocycles. The van der Waals surface area contributed by atoms with Crippen LogP contribution < -0.4 is 0 Å². The predicted molar refractivity (Wildman–Crippen MR) is 112 cm³/mol. The van der Waals surface area contributed by atoms with E-state index in [0.29, 0.717) is 38.0 Å². The van der Waals surface area contributed by atoms with Gasteiger partial charge in [0.05, 0.1) is 9.77 Å². The monoisotopic (exact) mass is 434 g/mol. The predicted octanol–water partition coefficient (Wildman–Crippen LogP) is 3.50. The average molecular weight is 435 g/mol. The molecule has 2 saturated heterocycles. The second-order valence-corrected chi connectivity index (χ2v) is 10.8. The van der Waals surface area contributed by atoms with Crippen LogP contribution in [0.5, 0.6) is 0 Å². The lowest BCUT2D eigenvalue weighted by Gasteiger charge is -2.43. The van der Waals surface area contributed by atoms with Crippen LogP contribution in [0.3, 0.4) is 0 Å². The molecule has 154 valence electrons. The molecule has 4 rings (SSSR count). The molecule has 2 aliphatic rings. The molecule has 2 aliphatic heterocycles. The maximum absolute atomic E-state index is 13.2. The average Bonchev–Trinajstić information content (AvgIpc) is 3.11. The number of thioether (sulfide) groups is 1. The van der Waals surface area contributed by atoms with Crippen LogP contribution in [-0.4, -0.2) is 53.8 Å². The molecular formula is C21H23FN2O3S2. The molecule has 2 heterocycles. The van der Waals surface area contributed by atoms with E-state index in [4.69, 9.17) is 0 Å². The number of carbonyl (C=O) groups excluding carboxylic acids is 1. The largest absolute Gasteiger partial charge is 0.323 e. The van der Waals surface area contributed by atoms with E-state index in [1.54, 1.807) is 11.8 Å². The van der Waals surface area contributed by atoms with Gasteiger partial charge in [-0.1, -0.05) is 18.2 Å². The van der Waals surface area contributed by atoms with Crippen LogP contribution in [-0.2, 0) is 10.0 Å². The van der Waals surface area contributed by atoms with E-state index < -0.39 is 15.8 Å². The van der Waals surface area contributed by atoms with E-state index in [1.807, 2.05) is 36.1 Å². The highest BCUT2D eigenvalue weighted by molar-refractivity contribution is 8.00. The highest BCUT2D eigenvalue weighted by Gasteiger charge is 2.48. The Morgan fingerprint density at radius 1 is 1.03 bits per heavy atom. The molecule has 8 heteroatoms. The quantitative estimate of drug-likeness (QED) is 0.742. The van der Waals surface area contributed by atoms with Gasteiger partial charge >= 0.3 is 0 Å². The first-order chi connectivity index (χ1) is 13.8. The maximum atomic E-state index is 13.2. The molecule has 1 amide bonds. The zero-order valence-corrected chi connectivity index (χ0v) is 17.8. The zero-order chi connectivity index (χ0) is 20.6. The van der Waals surface area contributed by atoms with E-state index in [9.17, 15) is 17.6 Å². The summed E-state index contributed by atoms with van der Waals surface area (Å²) in [7, 11) is -3.67. The van der Waals surface area contributed by atoms with Gasteiger partial charge in [-0.3, -0.25) is 4.79 Å². The summed E-state index contributed by atoms with van der Waals surface area (Å²) >= 11 is 1.75. The van der Waals surface area contributed by atoms with Crippen molar-refractivity contribution in [3.63, 3.8) is 0 Å². The second kappa shape index (κ2) is 7.74. The lowest BCUT2D eigenvalue weighted by molar-refractivity contribution is 0.0604. The van der Waals surface area contributed by atoms with E-state index >= 15 is 0 Å². The number of carbonyl (C=O) groups is 1. The van der Waals surface area contributed by atoms with Crippen molar-refractivity contribution in [3.05, 3.63) is 65.5 Å². The zero-order valence-electron chi connectivity index (χ0n) is 16.2. The van der Waals surface area contributed by atoms with Gasteiger partial charge in [-0.15, -0.1) is 11.8 Å². The molecular weight excluding hydrogens is 411 g/mol. The topological polar surface area (TPSA) is 57.7 Å². The Morgan fingerprint density at radius 3 is 2.34 bits per heavy atom. The Bertz CT molecular complexity index is 1020. The third-order valence-electron chi connectivity index (χ3n) is 5.75. The van der Waals surface area contributed by atoms with E-state index in [-0.39, 0.29) is 15.7 Å². The first kappa shape index (κ1) is 20.4. The smallest absolute Gasteiger partial charge is 0.255 e. The number of aryl methyl sites for hydroxylation is 1. The van der Waals surface area contributed by atoms with Crippen LogP contribution in [0.4, 0.5) is 4.39 Å². The number of piperidine rings is 1. The van der Waals surface area contributed by atoms with Crippen LogP contribution in [0.25, 0.3) is 0 Å². The lowest BCUT2D eigenvalue weighted by Crippen LogP contribution is -2.53. The standard InChI is InChI=1S/C21H23FN2O3S2/c1-16-4-2-3-5-19(16)20(25)24-14-15-28-21(24)10-12-23(13-11-21)29(26,27)18-8-6-17(22)7-9-18/h2-9H,10-15H2,1H3. The van der Waals surface area contributed by atoms with E-state index in [0.717, 1.165) is 23.4 Å². The third-order valence-corrected chi connectivity index (χ3v) is 9.22. The third kappa shape index (κ3) is 3.69. The number of sulfonamides is 1. The number of hydrogen-bond acceptors (Lipinski definition) is 4. The fourth-order valence-electron chi connectivity index (χ4n) is 4.10. The highest BCUT2D eigenvalue weighted by Crippen LogP contribution is 2.45. The summed E-state index contributed by atoms with van der Waals surface area (Å²) in [6.45, 7) is 3.28. The number of rotatable bonds is 3. The van der Waals surface area contributed by atoms with Gasteiger partial charge in [0.1, 0.15) is 5.82 Å². The molecule has 2 aromatic rings. The van der Waals surface area contributed by atoms with Crippen LogP contribution in [0.1, 0.15) is 28.8 Å². The van der Waals surface area contributed by atoms with Crippen molar-refractivity contribution < 1.29 is 17.6 Å². The summed E-state index contributed by atoms with van der Waals surface area (Å²) in [5.74, 6) is 0.403. The molecule has 0 atom stereocenters. The summed E-state index contributed by atoms with van der Waals surface area (Å²) in [6, 6.07) is 12.5. The van der Waals surface area contributed by atoms with Gasteiger partial charge in [-0.05, 0) is 55.7 Å². The molecule has 2 fully saturated rings. The highest BCUT2D eigenvalue weighted by atomic mass is 32.2. The number of nitrogens with zero attached hydrogens (tertiary/aromatic N) is 2. The van der Waals surface area contributed by atoms with Gasteiger partial charge in [0, 0.05) is 31.0 Å². The molecule has 0 N–H and O–H groups in total. The SMILES string of the molecule is Cc1ccccc1C(=O)N1CCSC12CCN(S(=O)(=O)c1ccc(F)cc1)CC2. The van der Waals surface area contributed by atoms with Crippen molar-refractivity contribution in [1.29, 1.82) is 0 Å². The first-order valence-corrected chi connectivity index (χ1v) is 12.0. The minimum atomic E-state index is -3.67. The van der Waals surface area contributed by atoms with Gasteiger partial charge < -0.3 is 4.90 Å². The van der Waals surface area contributed by atoms with Crippen LogP contribution in [0.2, 0.25) is 0 Å². The van der Waals surface area contributed by atoms with Gasteiger partial charge in [-0.2, -0.15) is 4.31 Å². The number of amides is 1. The van der Waals surface area contributed by atoms with Crippen molar-refractivity contribution in [1.82, 2.24) is 9.21 Å². The Balaban J connectivity index is 1.52. The van der Waals surface area contributed by atoms with E-state index in [1.165, 1.54) is 16.4 Å². The Kier molecular flexibility index (Phi) is 5.44. The van der Waals surface area contributed by atoms with Crippen molar-refractivity contribution in [2.45, 2.75) is 29.5 Å². The van der Waals surface area contributed by atoms with Crippen molar-refractivity contribution in [2.24, 2.45) is 0 Å². The first-order valence-electron chi connectivity index (χ1n) is 9.61. The molecule has 29 heavy (non-hydrogen) atoms. The fourth-order valence-corrected chi connectivity index (χ4v) is 7.00. The minimum Gasteiger partial charge on any atom is -0.323 e. The van der Waals surface area contributed by atoms with E-state index in [2.05, 4.69) is 0 Å². The molecule has 0 bridgehead atoms. The van der Waals surface area contributed by atoms with Crippen molar-refractivity contribution >= 4 is 27.7 Å². The summed E-state index contributed by atoms with van der Waals surface area (Å²) in [4.78, 5) is 14.9. The minimum absolute atomic E-state index is 0.0166. The molecule has 2 aromatic carbocycles. The van der Waals surface area contributed by atoms with Crippen molar-refractivity contribution in [3.8, 4) is 0 Å². The van der Waals surface area contributed by atoms with Crippen LogP contribution in [0.15, 0.2) is 53.4 Å². The summed E-state index contributed by atoms with van der Waals surface area (Å²) in [5.41, 5.74) is 1.65. The van der Waals surface area contributed by atoms with Gasteiger partial charge in [0.25, 0.3) is 5.91 Å². The number of hydrogen-bond donors (Lipinski definition) is 0. The molecule has 0 radical (unpaired) electrons. The molecule has 1 spiro atoms. The van der Waals surface area contributed by atoms with Gasteiger partial charge in [-0.25, -0.2) is 12.8 Å². The molecule has 5 nitrogen and oxygen atoms in total. The Labute approximate surface area is 174 Å². The van der Waals surface area contributed by atoms with Gasteiger partial charge in [0.15, 0.2) is 0 Å². The number of benzene rings is 2. The fraction of sp³-hybridized carbons (Fsp3) is 0.381. The van der Waals surface area contributed by atoms with Crippen LogP contribution >= 0.6 is 11.8 Å². The lowest BCUT2D eigenvalue weighted by atomic mass is 10.0. The number of halogens is 1. The molecule has 0 aliphatic carbocycles. The molecule has 0 saturated carbocycles. The summed E-state index contributed by atoms with van der Waals surface area (Å²) in [6.07, 6.45) is 1.16. The van der Waals surface area contributed by atoms with Gasteiger partial charge in [0.2, 0.25) is 10.0 Å². The normalized spacial score (nSPS) is 19.6. The molecule has 0 unspecified atom stereocenters. The maximum Gasteiger partial charge on any atom is 0.255 e. The second-order valence-electron chi connectivity index (χ2n) is 7.42. The van der Waals surface area contributed by atoms with Crippen LogP contribution in [0, 0.1) is 12.7 Å². The Hall–Kier alpha value is -1.90. The summed E-state index contributed by atoms with van der Waals surface area (Å²) in [5, 5.41) is 0. The Morgan fingerprint density at radius 2 is 1.69 bits per heavy atom. The van der Waals surface area contributed by atoms with Crippen molar-refractivity contribution in [2.75, 3.05) is 25.4 Å².